The van der Waals surface area contributed by atoms with Crippen molar-refractivity contribution in [1.29, 1.82) is 0 Å². The van der Waals surface area contributed by atoms with Gasteiger partial charge in [0.1, 0.15) is 17.9 Å². The monoisotopic (exact) mass is 427 g/mol. The van der Waals surface area contributed by atoms with Gasteiger partial charge in [-0.1, -0.05) is 28.9 Å². The standard InChI is InChI=1S/C20H18ClN5O4/c1-26-18(15(21)11-23-26)14-10-12(6-7-17(14)28-9-8-22)24-20(27)29-19-13-4-2-3-5-16(13)25-30-19/h2-7,10-11H,8-9,22H2,1H3,(H,24,27). The number of aromatic nitrogens is 3. The Morgan fingerprint density at radius 3 is 2.90 bits per heavy atom. The number of amides is 1. The van der Waals surface area contributed by atoms with Gasteiger partial charge in [0.15, 0.2) is 0 Å². The summed E-state index contributed by atoms with van der Waals surface area (Å²) in [7, 11) is 1.76. The van der Waals surface area contributed by atoms with E-state index in [1.807, 2.05) is 6.07 Å². The van der Waals surface area contributed by atoms with Crippen molar-refractivity contribution in [1.82, 2.24) is 14.9 Å². The van der Waals surface area contributed by atoms with Gasteiger partial charge < -0.3 is 19.7 Å². The second kappa shape index (κ2) is 8.44. The van der Waals surface area contributed by atoms with Crippen molar-refractivity contribution in [2.24, 2.45) is 12.8 Å². The van der Waals surface area contributed by atoms with Gasteiger partial charge in [0.25, 0.3) is 0 Å². The first-order valence-electron chi connectivity index (χ1n) is 9.05. The number of carbonyl (C=O) groups is 1. The van der Waals surface area contributed by atoms with Crippen molar-refractivity contribution in [3.8, 4) is 23.0 Å². The highest BCUT2D eigenvalue weighted by molar-refractivity contribution is 6.33. The molecule has 30 heavy (non-hydrogen) atoms. The van der Waals surface area contributed by atoms with Gasteiger partial charge in [-0.25, -0.2) is 4.79 Å². The van der Waals surface area contributed by atoms with Crippen LogP contribution in [0.15, 0.2) is 53.2 Å². The third kappa shape index (κ3) is 3.93. The number of hydrogen-bond acceptors (Lipinski definition) is 7. The molecule has 0 atom stereocenters. The molecule has 154 valence electrons. The van der Waals surface area contributed by atoms with Crippen LogP contribution in [0, 0.1) is 0 Å². The fourth-order valence-electron chi connectivity index (χ4n) is 2.97. The van der Waals surface area contributed by atoms with E-state index in [0.717, 1.165) is 0 Å². The van der Waals surface area contributed by atoms with Crippen LogP contribution in [0.2, 0.25) is 5.02 Å². The molecule has 0 aliphatic carbocycles. The third-order valence-electron chi connectivity index (χ3n) is 4.29. The number of benzene rings is 2. The molecule has 3 N–H and O–H groups in total. The number of halogens is 1. The van der Waals surface area contributed by atoms with Gasteiger partial charge in [-0.2, -0.15) is 5.10 Å². The second-order valence-corrected chi connectivity index (χ2v) is 6.72. The topological polar surface area (TPSA) is 117 Å². The molecule has 0 radical (unpaired) electrons. The Morgan fingerprint density at radius 1 is 1.30 bits per heavy atom. The number of carbonyl (C=O) groups excluding carboxylic acids is 1. The molecule has 0 fully saturated rings. The number of nitrogens with zero attached hydrogens (tertiary/aromatic N) is 3. The molecule has 1 amide bonds. The minimum Gasteiger partial charge on any atom is -0.492 e. The molecule has 0 unspecified atom stereocenters. The highest BCUT2D eigenvalue weighted by Crippen LogP contribution is 2.36. The molecule has 0 spiro atoms. The van der Waals surface area contributed by atoms with E-state index < -0.39 is 6.09 Å². The van der Waals surface area contributed by atoms with E-state index in [9.17, 15) is 4.79 Å². The van der Waals surface area contributed by atoms with E-state index in [0.29, 0.717) is 51.8 Å². The van der Waals surface area contributed by atoms with Crippen molar-refractivity contribution in [2.45, 2.75) is 0 Å². The predicted octanol–water partition coefficient (Wildman–Crippen LogP) is 3.83. The van der Waals surface area contributed by atoms with E-state index in [-0.39, 0.29) is 5.95 Å². The summed E-state index contributed by atoms with van der Waals surface area (Å²) in [5, 5.41) is 11.7. The molecule has 2 aromatic carbocycles. The first-order valence-corrected chi connectivity index (χ1v) is 9.42. The largest absolute Gasteiger partial charge is 0.492 e. The van der Waals surface area contributed by atoms with Crippen molar-refractivity contribution < 1.29 is 18.8 Å². The minimum absolute atomic E-state index is 0.0147. The molecule has 2 heterocycles. The van der Waals surface area contributed by atoms with Crippen LogP contribution in [0.1, 0.15) is 0 Å². The molecular weight excluding hydrogens is 410 g/mol. The van der Waals surface area contributed by atoms with Gasteiger partial charge >= 0.3 is 12.0 Å². The zero-order valence-corrected chi connectivity index (χ0v) is 16.7. The number of fused-ring (bicyclic) bond motifs is 1. The van der Waals surface area contributed by atoms with Gasteiger partial charge in [0.05, 0.1) is 22.3 Å². The molecule has 0 saturated carbocycles. The smallest absolute Gasteiger partial charge is 0.419 e. The van der Waals surface area contributed by atoms with Crippen LogP contribution in [0.25, 0.3) is 22.2 Å². The average Bonchev–Trinajstić information content (AvgIpc) is 3.30. The maximum absolute atomic E-state index is 12.4. The molecule has 4 rings (SSSR count). The Labute approximate surface area is 176 Å². The summed E-state index contributed by atoms with van der Waals surface area (Å²) in [5.41, 5.74) is 7.90. The van der Waals surface area contributed by atoms with Crippen LogP contribution >= 0.6 is 11.6 Å². The number of hydrogen-bond donors (Lipinski definition) is 2. The maximum Gasteiger partial charge on any atom is 0.419 e. The average molecular weight is 428 g/mol. The fraction of sp³-hybridized carbons (Fsp3) is 0.150. The lowest BCUT2D eigenvalue weighted by Crippen LogP contribution is -2.17. The summed E-state index contributed by atoms with van der Waals surface area (Å²) in [6.45, 7) is 0.686. The number of nitrogens with two attached hydrogens (primary N) is 1. The van der Waals surface area contributed by atoms with Crippen molar-refractivity contribution in [2.75, 3.05) is 18.5 Å². The lowest BCUT2D eigenvalue weighted by molar-refractivity contribution is 0.196. The summed E-state index contributed by atoms with van der Waals surface area (Å²) in [6, 6.07) is 12.2. The van der Waals surface area contributed by atoms with E-state index >= 15 is 0 Å². The number of ether oxygens (including phenoxy) is 2. The molecule has 0 saturated heterocycles. The molecule has 2 aromatic heterocycles. The van der Waals surface area contributed by atoms with Crippen LogP contribution in [0.5, 0.6) is 11.7 Å². The van der Waals surface area contributed by atoms with Crippen LogP contribution < -0.4 is 20.5 Å². The molecule has 4 aromatic rings. The number of aryl methyl sites for hydroxylation is 1. The summed E-state index contributed by atoms with van der Waals surface area (Å²) in [6.07, 6.45) is 0.807. The van der Waals surface area contributed by atoms with Gasteiger partial charge in [-0.15, -0.1) is 0 Å². The van der Waals surface area contributed by atoms with E-state index in [1.165, 1.54) is 6.20 Å². The van der Waals surface area contributed by atoms with Crippen molar-refractivity contribution >= 4 is 34.3 Å². The van der Waals surface area contributed by atoms with Crippen LogP contribution in [-0.2, 0) is 7.05 Å². The number of anilines is 1. The molecule has 0 aliphatic heterocycles. The Kier molecular flexibility index (Phi) is 5.55. The van der Waals surface area contributed by atoms with Crippen LogP contribution in [-0.4, -0.2) is 34.2 Å². The van der Waals surface area contributed by atoms with Gasteiger partial charge in [0.2, 0.25) is 0 Å². The minimum atomic E-state index is -0.727. The summed E-state index contributed by atoms with van der Waals surface area (Å²) >= 11 is 6.30. The van der Waals surface area contributed by atoms with Crippen molar-refractivity contribution in [3.05, 3.63) is 53.7 Å². The number of rotatable bonds is 6. The van der Waals surface area contributed by atoms with Gasteiger partial charge in [-0.3, -0.25) is 10.00 Å². The second-order valence-electron chi connectivity index (χ2n) is 6.31. The lowest BCUT2D eigenvalue weighted by Gasteiger charge is -2.14. The molecule has 0 aliphatic rings. The first-order chi connectivity index (χ1) is 14.6. The molecular formula is C20H18ClN5O4. The molecule has 9 nitrogen and oxygen atoms in total. The zero-order valence-electron chi connectivity index (χ0n) is 16.0. The maximum atomic E-state index is 12.4. The lowest BCUT2D eigenvalue weighted by atomic mass is 10.1. The first kappa shape index (κ1) is 19.7. The fourth-order valence-corrected chi connectivity index (χ4v) is 3.24. The highest BCUT2D eigenvalue weighted by Gasteiger charge is 2.18. The Hall–Kier alpha value is -3.56. The van der Waals surface area contributed by atoms with Crippen molar-refractivity contribution in [3.63, 3.8) is 0 Å². The highest BCUT2D eigenvalue weighted by atomic mass is 35.5. The summed E-state index contributed by atoms with van der Waals surface area (Å²) in [4.78, 5) is 12.4. The molecule has 0 bridgehead atoms. The third-order valence-corrected chi connectivity index (χ3v) is 4.56. The SMILES string of the molecule is Cn1ncc(Cl)c1-c1cc(NC(=O)Oc2onc3ccccc23)ccc1OCCN. The van der Waals surface area contributed by atoms with Crippen LogP contribution in [0.4, 0.5) is 10.5 Å². The van der Waals surface area contributed by atoms with Gasteiger partial charge in [0, 0.05) is 24.8 Å². The number of nitrogens with one attached hydrogen (secondary N) is 1. The summed E-state index contributed by atoms with van der Waals surface area (Å²) < 4.78 is 17.7. The van der Waals surface area contributed by atoms with E-state index in [2.05, 4.69) is 15.6 Å². The Balaban J connectivity index is 1.59. The zero-order chi connectivity index (χ0) is 21.1. The van der Waals surface area contributed by atoms with E-state index in [1.54, 1.807) is 48.1 Å². The van der Waals surface area contributed by atoms with Gasteiger partial charge in [-0.05, 0) is 30.3 Å². The van der Waals surface area contributed by atoms with E-state index in [4.69, 9.17) is 31.3 Å². The normalized spacial score (nSPS) is 10.9. The molecule has 10 heteroatoms. The quantitative estimate of drug-likeness (QED) is 0.480. The Bertz CT molecular complexity index is 1180. The summed E-state index contributed by atoms with van der Waals surface area (Å²) in [5.74, 6) is 0.576. The van der Waals surface area contributed by atoms with Crippen LogP contribution in [0.3, 0.4) is 0 Å². The Morgan fingerprint density at radius 2 is 2.13 bits per heavy atom. The predicted molar refractivity (Wildman–Crippen MR) is 112 cm³/mol.